The van der Waals surface area contributed by atoms with E-state index in [1.54, 1.807) is 19.3 Å². The summed E-state index contributed by atoms with van der Waals surface area (Å²) in [5, 5.41) is 0. The van der Waals surface area contributed by atoms with Gasteiger partial charge in [0.15, 0.2) is 0 Å². The Morgan fingerprint density at radius 2 is 2.26 bits per heavy atom. The molecule has 0 radical (unpaired) electrons. The summed E-state index contributed by atoms with van der Waals surface area (Å²) in [5.74, 6) is 0.500. The molecule has 0 atom stereocenters. The Hall–Kier alpha value is -1.29. The number of aryl methyl sites for hydroxylation is 1. The minimum absolute atomic E-state index is 0.0486. The molecule has 1 aromatic heterocycles. The molecule has 0 aromatic carbocycles. The van der Waals surface area contributed by atoms with Gasteiger partial charge in [-0.15, -0.1) is 11.6 Å². The highest BCUT2D eigenvalue weighted by atomic mass is 35.5. The van der Waals surface area contributed by atoms with Crippen molar-refractivity contribution in [2.24, 2.45) is 7.05 Å². The standard InChI is InChI=1S/C14H19ClN2O2/c1-16-9-6-11(10-13(16)18)14(19)17(8-3-7-15)12-4-2-5-12/h6,9-10,12H,2-5,7-8H2,1H3. The summed E-state index contributed by atoms with van der Waals surface area (Å²) in [6, 6.07) is 3.44. The van der Waals surface area contributed by atoms with Gasteiger partial charge in [-0.3, -0.25) is 9.59 Å². The summed E-state index contributed by atoms with van der Waals surface area (Å²) in [7, 11) is 1.67. The lowest BCUT2D eigenvalue weighted by Crippen LogP contribution is -2.45. The molecule has 0 aliphatic heterocycles. The van der Waals surface area contributed by atoms with E-state index in [2.05, 4.69) is 0 Å². The molecule has 1 heterocycles. The first-order valence-corrected chi connectivity index (χ1v) is 7.20. The third kappa shape index (κ3) is 3.18. The van der Waals surface area contributed by atoms with Crippen molar-refractivity contribution in [3.63, 3.8) is 0 Å². The molecule has 1 fully saturated rings. The lowest BCUT2D eigenvalue weighted by molar-refractivity contribution is 0.0580. The quantitative estimate of drug-likeness (QED) is 0.775. The van der Waals surface area contributed by atoms with Crippen LogP contribution in [0.25, 0.3) is 0 Å². The summed E-state index contributed by atoms with van der Waals surface area (Å²) in [5.41, 5.74) is 0.321. The first-order chi connectivity index (χ1) is 9.13. The zero-order valence-corrected chi connectivity index (χ0v) is 11.9. The molecule has 1 aromatic rings. The topological polar surface area (TPSA) is 42.3 Å². The third-order valence-corrected chi connectivity index (χ3v) is 3.93. The largest absolute Gasteiger partial charge is 0.336 e. The van der Waals surface area contributed by atoms with Crippen molar-refractivity contribution < 1.29 is 4.79 Å². The fraction of sp³-hybridized carbons (Fsp3) is 0.571. The predicted octanol–water partition coefficient (Wildman–Crippen LogP) is 2.01. The first kappa shape index (κ1) is 14.1. The molecule has 0 bridgehead atoms. The first-order valence-electron chi connectivity index (χ1n) is 6.67. The van der Waals surface area contributed by atoms with Gasteiger partial charge in [0.05, 0.1) is 0 Å². The van der Waals surface area contributed by atoms with E-state index in [4.69, 9.17) is 11.6 Å². The summed E-state index contributed by atoms with van der Waals surface area (Å²) in [6.45, 7) is 0.669. The zero-order valence-electron chi connectivity index (χ0n) is 11.1. The van der Waals surface area contributed by atoms with Gasteiger partial charge in [-0.1, -0.05) is 0 Å². The van der Waals surface area contributed by atoms with E-state index >= 15 is 0 Å². The molecule has 4 nitrogen and oxygen atoms in total. The van der Waals surface area contributed by atoms with Crippen molar-refractivity contribution in [2.75, 3.05) is 12.4 Å². The SMILES string of the molecule is Cn1ccc(C(=O)N(CCCCl)C2CCC2)cc1=O. The average Bonchev–Trinajstić information content (AvgIpc) is 2.34. The number of halogens is 1. The van der Waals surface area contributed by atoms with Gasteiger partial charge in [-0.05, 0) is 31.7 Å². The van der Waals surface area contributed by atoms with Crippen LogP contribution in [0.4, 0.5) is 0 Å². The molecule has 5 heteroatoms. The van der Waals surface area contributed by atoms with Crippen LogP contribution in [-0.2, 0) is 7.05 Å². The molecule has 19 heavy (non-hydrogen) atoms. The van der Waals surface area contributed by atoms with Crippen molar-refractivity contribution in [3.05, 3.63) is 34.2 Å². The molecular weight excluding hydrogens is 264 g/mol. The number of rotatable bonds is 5. The fourth-order valence-electron chi connectivity index (χ4n) is 2.23. The molecule has 0 saturated heterocycles. The van der Waals surface area contributed by atoms with E-state index in [9.17, 15) is 9.59 Å². The lowest BCUT2D eigenvalue weighted by atomic mass is 9.91. The molecule has 1 amide bonds. The number of hydrogen-bond donors (Lipinski definition) is 0. The van der Waals surface area contributed by atoms with Gasteiger partial charge >= 0.3 is 0 Å². The van der Waals surface area contributed by atoms with Gasteiger partial charge in [-0.25, -0.2) is 0 Å². The van der Waals surface area contributed by atoms with Crippen molar-refractivity contribution in [3.8, 4) is 0 Å². The van der Waals surface area contributed by atoms with Crippen LogP contribution in [0.15, 0.2) is 23.1 Å². The fourth-order valence-corrected chi connectivity index (χ4v) is 2.35. The number of aromatic nitrogens is 1. The van der Waals surface area contributed by atoms with Gasteiger partial charge < -0.3 is 9.47 Å². The van der Waals surface area contributed by atoms with Gasteiger partial charge in [0.25, 0.3) is 11.5 Å². The number of pyridine rings is 1. The van der Waals surface area contributed by atoms with Crippen molar-refractivity contribution in [1.82, 2.24) is 9.47 Å². The number of carbonyl (C=O) groups excluding carboxylic acids is 1. The maximum absolute atomic E-state index is 12.5. The molecule has 1 saturated carbocycles. The second kappa shape index (κ2) is 6.24. The van der Waals surface area contributed by atoms with Crippen LogP contribution >= 0.6 is 11.6 Å². The van der Waals surface area contributed by atoms with Gasteiger partial charge in [0.2, 0.25) is 0 Å². The van der Waals surface area contributed by atoms with Crippen LogP contribution in [0.3, 0.4) is 0 Å². The summed E-state index contributed by atoms with van der Waals surface area (Å²) in [4.78, 5) is 26.0. The van der Waals surface area contributed by atoms with E-state index in [-0.39, 0.29) is 11.5 Å². The van der Waals surface area contributed by atoms with E-state index < -0.39 is 0 Å². The summed E-state index contributed by atoms with van der Waals surface area (Å²) in [6.07, 6.45) is 5.70. The Kier molecular flexibility index (Phi) is 4.64. The third-order valence-electron chi connectivity index (χ3n) is 3.66. The van der Waals surface area contributed by atoms with Crippen LogP contribution in [0.2, 0.25) is 0 Å². The minimum Gasteiger partial charge on any atom is -0.336 e. The molecule has 1 aliphatic carbocycles. The number of carbonyl (C=O) groups is 1. The Balaban J connectivity index is 2.17. The number of hydrogen-bond acceptors (Lipinski definition) is 2. The normalized spacial score (nSPS) is 15.1. The van der Waals surface area contributed by atoms with Crippen LogP contribution in [0.5, 0.6) is 0 Å². The molecule has 0 unspecified atom stereocenters. The Bertz CT molecular complexity index is 508. The van der Waals surface area contributed by atoms with E-state index in [1.807, 2.05) is 4.90 Å². The van der Waals surface area contributed by atoms with E-state index in [0.717, 1.165) is 19.3 Å². The Morgan fingerprint density at radius 3 is 2.79 bits per heavy atom. The second-order valence-corrected chi connectivity index (χ2v) is 5.37. The minimum atomic E-state index is -0.156. The van der Waals surface area contributed by atoms with Gasteiger partial charge in [0, 0.05) is 43.3 Å². The molecule has 0 N–H and O–H groups in total. The summed E-state index contributed by atoms with van der Waals surface area (Å²) < 4.78 is 1.46. The highest BCUT2D eigenvalue weighted by molar-refractivity contribution is 6.17. The number of alkyl halides is 1. The van der Waals surface area contributed by atoms with Gasteiger partial charge in [0.1, 0.15) is 0 Å². The zero-order chi connectivity index (χ0) is 13.8. The van der Waals surface area contributed by atoms with Crippen LogP contribution in [-0.4, -0.2) is 33.8 Å². The van der Waals surface area contributed by atoms with Crippen molar-refractivity contribution in [1.29, 1.82) is 0 Å². The molecule has 1 aliphatic rings. The Morgan fingerprint density at radius 1 is 1.53 bits per heavy atom. The monoisotopic (exact) mass is 282 g/mol. The van der Waals surface area contributed by atoms with Crippen molar-refractivity contribution >= 4 is 17.5 Å². The van der Waals surface area contributed by atoms with E-state index in [1.165, 1.54) is 17.1 Å². The lowest BCUT2D eigenvalue weighted by Gasteiger charge is -2.37. The average molecular weight is 283 g/mol. The smallest absolute Gasteiger partial charge is 0.254 e. The molecule has 2 rings (SSSR count). The van der Waals surface area contributed by atoms with E-state index in [0.29, 0.717) is 24.0 Å². The highest BCUT2D eigenvalue weighted by Gasteiger charge is 2.29. The Labute approximate surface area is 118 Å². The van der Waals surface area contributed by atoms with Crippen LogP contribution in [0, 0.1) is 0 Å². The molecule has 104 valence electrons. The maximum atomic E-state index is 12.5. The molecule has 0 spiro atoms. The van der Waals surface area contributed by atoms with Gasteiger partial charge in [-0.2, -0.15) is 0 Å². The number of amides is 1. The number of nitrogens with zero attached hydrogens (tertiary/aromatic N) is 2. The van der Waals surface area contributed by atoms with Crippen LogP contribution in [0.1, 0.15) is 36.0 Å². The second-order valence-electron chi connectivity index (χ2n) is 4.99. The summed E-state index contributed by atoms with van der Waals surface area (Å²) >= 11 is 5.72. The van der Waals surface area contributed by atoms with Crippen LogP contribution < -0.4 is 5.56 Å². The van der Waals surface area contributed by atoms with Crippen molar-refractivity contribution in [2.45, 2.75) is 31.7 Å². The highest BCUT2D eigenvalue weighted by Crippen LogP contribution is 2.26. The maximum Gasteiger partial charge on any atom is 0.254 e. The molecular formula is C14H19ClN2O2. The predicted molar refractivity (Wildman–Crippen MR) is 75.7 cm³/mol.